The van der Waals surface area contributed by atoms with E-state index in [-0.39, 0.29) is 6.10 Å². The molecule has 0 aliphatic heterocycles. The van der Waals surface area contributed by atoms with E-state index in [1.165, 1.54) is 0 Å². The average molecular weight is 383 g/mol. The van der Waals surface area contributed by atoms with Crippen LogP contribution in [0.5, 0.6) is 5.75 Å². The second-order valence-corrected chi connectivity index (χ2v) is 5.82. The van der Waals surface area contributed by atoms with Crippen LogP contribution in [0.25, 0.3) is 11.4 Å². The molecule has 1 heterocycles. The largest absolute Gasteiger partial charge is 0.491 e. The van der Waals surface area contributed by atoms with Crippen LogP contribution in [0.1, 0.15) is 26.5 Å². The molecular formula is C15H18IN3O. The minimum Gasteiger partial charge on any atom is -0.491 e. The maximum atomic E-state index is 5.96. The van der Waals surface area contributed by atoms with Gasteiger partial charge in [-0.2, -0.15) is 0 Å². The number of nitrogen functional groups attached to an aromatic ring is 1. The van der Waals surface area contributed by atoms with Gasteiger partial charge in [-0.05, 0) is 55.0 Å². The lowest BCUT2D eigenvalue weighted by atomic mass is 10.2. The molecule has 0 unspecified atom stereocenters. The summed E-state index contributed by atoms with van der Waals surface area (Å²) in [6.07, 6.45) is 0.972. The summed E-state index contributed by atoms with van der Waals surface area (Å²) in [7, 11) is 0. The van der Waals surface area contributed by atoms with Crippen LogP contribution in [-0.4, -0.2) is 16.1 Å². The van der Waals surface area contributed by atoms with Crippen molar-refractivity contribution in [1.29, 1.82) is 0 Å². The number of rotatable bonds is 4. The highest BCUT2D eigenvalue weighted by Crippen LogP contribution is 2.25. The van der Waals surface area contributed by atoms with Crippen molar-refractivity contribution in [2.24, 2.45) is 0 Å². The van der Waals surface area contributed by atoms with E-state index in [0.29, 0.717) is 11.6 Å². The molecule has 0 fully saturated rings. The third-order valence-corrected chi connectivity index (χ3v) is 3.92. The van der Waals surface area contributed by atoms with Crippen molar-refractivity contribution in [2.75, 3.05) is 5.73 Å². The number of nitrogens with two attached hydrogens (primary N) is 1. The summed E-state index contributed by atoms with van der Waals surface area (Å²) in [6, 6.07) is 7.78. The van der Waals surface area contributed by atoms with Crippen molar-refractivity contribution in [3.8, 4) is 17.1 Å². The first-order valence-corrected chi connectivity index (χ1v) is 7.68. The zero-order valence-electron chi connectivity index (χ0n) is 11.9. The highest BCUT2D eigenvalue weighted by atomic mass is 127. The Bertz CT molecular complexity index is 614. The van der Waals surface area contributed by atoms with Crippen molar-refractivity contribution in [3.05, 3.63) is 33.5 Å². The van der Waals surface area contributed by atoms with Crippen molar-refractivity contribution >= 4 is 28.4 Å². The molecule has 0 saturated heterocycles. The fourth-order valence-corrected chi connectivity index (χ4v) is 2.48. The number of hydrogen-bond donors (Lipinski definition) is 1. The minimum absolute atomic E-state index is 0.138. The lowest BCUT2D eigenvalue weighted by Gasteiger charge is -2.11. The third kappa shape index (κ3) is 3.39. The average Bonchev–Trinajstić information content (AvgIpc) is 2.41. The molecule has 2 aromatic rings. The van der Waals surface area contributed by atoms with Gasteiger partial charge in [0.15, 0.2) is 5.82 Å². The highest BCUT2D eigenvalue weighted by Gasteiger charge is 2.11. The summed E-state index contributed by atoms with van der Waals surface area (Å²) < 4.78 is 6.63. The van der Waals surface area contributed by atoms with Crippen LogP contribution >= 0.6 is 22.6 Å². The molecule has 5 heteroatoms. The third-order valence-electron chi connectivity index (χ3n) is 2.74. The van der Waals surface area contributed by atoms with E-state index in [9.17, 15) is 0 Å². The van der Waals surface area contributed by atoms with Crippen LogP contribution in [0.3, 0.4) is 0 Å². The molecule has 2 rings (SSSR count). The monoisotopic (exact) mass is 383 g/mol. The molecule has 0 radical (unpaired) electrons. The van der Waals surface area contributed by atoms with Crippen LogP contribution in [0.2, 0.25) is 0 Å². The first-order chi connectivity index (χ1) is 9.51. The summed E-state index contributed by atoms with van der Waals surface area (Å²) in [5.74, 6) is 1.99. The van der Waals surface area contributed by atoms with Gasteiger partial charge in [0.2, 0.25) is 0 Å². The predicted octanol–water partition coefficient (Wildman–Crippen LogP) is 3.68. The van der Waals surface area contributed by atoms with Gasteiger partial charge in [0.1, 0.15) is 11.6 Å². The van der Waals surface area contributed by atoms with Gasteiger partial charge in [-0.25, -0.2) is 9.97 Å². The molecule has 0 spiro atoms. The molecule has 0 aliphatic rings. The lowest BCUT2D eigenvalue weighted by Crippen LogP contribution is -2.06. The van der Waals surface area contributed by atoms with E-state index in [0.717, 1.165) is 27.0 Å². The number of halogens is 1. The Morgan fingerprint density at radius 2 is 2.05 bits per heavy atom. The number of aryl methyl sites for hydroxylation is 1. The summed E-state index contributed by atoms with van der Waals surface area (Å²) in [6.45, 7) is 6.06. The second-order valence-electron chi connectivity index (χ2n) is 4.74. The number of nitrogens with zero attached hydrogens (tertiary/aromatic N) is 2. The number of aromatic nitrogens is 2. The molecule has 4 nitrogen and oxygen atoms in total. The zero-order chi connectivity index (χ0) is 14.7. The Kier molecular flexibility index (Phi) is 4.80. The molecule has 1 aromatic heterocycles. The molecular weight excluding hydrogens is 365 g/mol. The van der Waals surface area contributed by atoms with Crippen molar-refractivity contribution < 1.29 is 4.74 Å². The molecule has 20 heavy (non-hydrogen) atoms. The number of hydrogen-bond acceptors (Lipinski definition) is 4. The zero-order valence-corrected chi connectivity index (χ0v) is 14.0. The van der Waals surface area contributed by atoms with Crippen LogP contribution in [0.4, 0.5) is 5.82 Å². The van der Waals surface area contributed by atoms with Crippen LogP contribution in [0, 0.1) is 3.57 Å². The molecule has 0 bridgehead atoms. The topological polar surface area (TPSA) is 61.0 Å². The first-order valence-electron chi connectivity index (χ1n) is 6.60. The fraction of sp³-hybridized carbons (Fsp3) is 0.333. The fourth-order valence-electron chi connectivity index (χ4n) is 1.86. The van der Waals surface area contributed by atoms with Gasteiger partial charge < -0.3 is 10.5 Å². The summed E-state index contributed by atoms with van der Waals surface area (Å²) in [4.78, 5) is 8.96. The van der Waals surface area contributed by atoms with Gasteiger partial charge in [0.25, 0.3) is 0 Å². The second kappa shape index (κ2) is 6.39. The Labute approximate surface area is 132 Å². The maximum Gasteiger partial charge on any atom is 0.161 e. The van der Waals surface area contributed by atoms with Crippen LogP contribution in [-0.2, 0) is 6.42 Å². The van der Waals surface area contributed by atoms with Gasteiger partial charge in [-0.15, -0.1) is 0 Å². The van der Waals surface area contributed by atoms with Crippen LogP contribution < -0.4 is 10.5 Å². The Morgan fingerprint density at radius 3 is 2.70 bits per heavy atom. The van der Waals surface area contributed by atoms with E-state index < -0.39 is 0 Å². The normalized spacial score (nSPS) is 10.8. The quantitative estimate of drug-likeness (QED) is 0.819. The van der Waals surface area contributed by atoms with E-state index in [1.54, 1.807) is 0 Å². The van der Waals surface area contributed by atoms with E-state index in [1.807, 2.05) is 38.1 Å². The van der Waals surface area contributed by atoms with Gasteiger partial charge in [0.05, 0.1) is 15.4 Å². The Balaban J connectivity index is 2.43. The molecule has 0 aliphatic carbocycles. The molecule has 2 N–H and O–H groups in total. The molecule has 106 valence electrons. The van der Waals surface area contributed by atoms with Crippen LogP contribution in [0.15, 0.2) is 24.3 Å². The van der Waals surface area contributed by atoms with Crippen molar-refractivity contribution in [1.82, 2.24) is 9.97 Å². The van der Waals surface area contributed by atoms with E-state index >= 15 is 0 Å². The standard InChI is InChI=1S/C15H18IN3O/c1-4-12-13(16)14(17)19-15(18-12)10-6-5-7-11(8-10)20-9(2)3/h5-9H,4H2,1-3H3,(H2,17,18,19). The summed E-state index contributed by atoms with van der Waals surface area (Å²) in [5, 5.41) is 0. The number of benzene rings is 1. The minimum atomic E-state index is 0.138. The van der Waals surface area contributed by atoms with Gasteiger partial charge in [-0.3, -0.25) is 0 Å². The summed E-state index contributed by atoms with van der Waals surface area (Å²) in [5.41, 5.74) is 7.86. The van der Waals surface area contributed by atoms with Crippen molar-refractivity contribution in [2.45, 2.75) is 33.3 Å². The van der Waals surface area contributed by atoms with E-state index in [2.05, 4.69) is 39.5 Å². The number of anilines is 1. The predicted molar refractivity (Wildman–Crippen MR) is 89.7 cm³/mol. The highest BCUT2D eigenvalue weighted by molar-refractivity contribution is 14.1. The van der Waals surface area contributed by atoms with Gasteiger partial charge in [-0.1, -0.05) is 19.1 Å². The molecule has 0 amide bonds. The number of ether oxygens (including phenoxy) is 1. The van der Waals surface area contributed by atoms with Gasteiger partial charge >= 0.3 is 0 Å². The van der Waals surface area contributed by atoms with Gasteiger partial charge in [0, 0.05) is 5.56 Å². The SMILES string of the molecule is CCc1nc(-c2cccc(OC(C)C)c2)nc(N)c1I. The smallest absolute Gasteiger partial charge is 0.161 e. The Hall–Kier alpha value is -1.37. The van der Waals surface area contributed by atoms with Crippen molar-refractivity contribution in [3.63, 3.8) is 0 Å². The molecule has 0 saturated carbocycles. The molecule has 0 atom stereocenters. The maximum absolute atomic E-state index is 5.96. The lowest BCUT2D eigenvalue weighted by molar-refractivity contribution is 0.242. The Morgan fingerprint density at radius 1 is 1.30 bits per heavy atom. The first kappa shape index (κ1) is 15.0. The van der Waals surface area contributed by atoms with E-state index in [4.69, 9.17) is 10.5 Å². The summed E-state index contributed by atoms with van der Waals surface area (Å²) >= 11 is 2.19. The molecule has 1 aromatic carbocycles.